The molecule has 0 aliphatic carbocycles. The molecular weight excluding hydrogens is 270 g/mol. The number of para-hydroxylation sites is 1. The molecule has 0 saturated carbocycles. The van der Waals surface area contributed by atoms with Gasteiger partial charge in [0.15, 0.2) is 0 Å². The predicted octanol–water partition coefficient (Wildman–Crippen LogP) is 2.84. The fourth-order valence-corrected chi connectivity index (χ4v) is 2.84. The van der Waals surface area contributed by atoms with Gasteiger partial charge in [0, 0.05) is 10.9 Å². The number of benzene rings is 1. The van der Waals surface area contributed by atoms with Crippen molar-refractivity contribution in [2.24, 2.45) is 5.73 Å². The van der Waals surface area contributed by atoms with E-state index >= 15 is 0 Å². The third-order valence-corrected chi connectivity index (χ3v) is 4.05. The number of anilines is 2. The van der Waals surface area contributed by atoms with E-state index in [-0.39, 0.29) is 6.04 Å². The van der Waals surface area contributed by atoms with Gasteiger partial charge >= 0.3 is 0 Å². The Morgan fingerprint density at radius 2 is 2.05 bits per heavy atom. The molecule has 2 aromatic rings. The van der Waals surface area contributed by atoms with Crippen molar-refractivity contribution < 1.29 is 4.79 Å². The highest BCUT2D eigenvalue weighted by atomic mass is 32.1. The summed E-state index contributed by atoms with van der Waals surface area (Å²) in [6.07, 6.45) is 0. The predicted molar refractivity (Wildman–Crippen MR) is 85.0 cm³/mol. The van der Waals surface area contributed by atoms with E-state index < -0.39 is 5.91 Å². The third kappa shape index (κ3) is 2.93. The zero-order chi connectivity index (χ0) is 14.7. The minimum atomic E-state index is -0.496. The first-order chi connectivity index (χ1) is 9.50. The van der Waals surface area contributed by atoms with Crippen molar-refractivity contribution >= 4 is 28.6 Å². The van der Waals surface area contributed by atoms with Crippen molar-refractivity contribution in [2.45, 2.75) is 26.4 Å². The summed E-state index contributed by atoms with van der Waals surface area (Å²) in [5.41, 5.74) is 13.1. The summed E-state index contributed by atoms with van der Waals surface area (Å²) in [4.78, 5) is 14.8. The minimum absolute atomic E-state index is 0.266. The average molecular weight is 289 g/mol. The standard InChI is InChI=1S/C15H19N3OS/c1-10(2)18(9-11-5-4-8-20-11)13-7-3-6-12(14(13)16)15(17)19/h3-8,10H,9,16H2,1-2H3,(H2,17,19). The van der Waals surface area contributed by atoms with E-state index in [1.165, 1.54) is 4.88 Å². The number of primary amides is 1. The van der Waals surface area contributed by atoms with Crippen molar-refractivity contribution in [1.82, 2.24) is 0 Å². The molecule has 1 aromatic carbocycles. The van der Waals surface area contributed by atoms with Crippen molar-refractivity contribution in [1.29, 1.82) is 0 Å². The highest BCUT2D eigenvalue weighted by molar-refractivity contribution is 7.09. The summed E-state index contributed by atoms with van der Waals surface area (Å²) in [5.74, 6) is -0.496. The van der Waals surface area contributed by atoms with Crippen LogP contribution in [0.3, 0.4) is 0 Å². The lowest BCUT2D eigenvalue weighted by Gasteiger charge is -2.30. The van der Waals surface area contributed by atoms with Crippen LogP contribution in [-0.2, 0) is 6.54 Å². The van der Waals surface area contributed by atoms with Crippen LogP contribution in [0, 0.1) is 0 Å². The normalized spacial score (nSPS) is 10.8. The molecule has 0 fully saturated rings. The van der Waals surface area contributed by atoms with Crippen molar-refractivity contribution in [2.75, 3.05) is 10.6 Å². The molecule has 0 aliphatic rings. The number of rotatable bonds is 5. The summed E-state index contributed by atoms with van der Waals surface area (Å²) in [7, 11) is 0. The Balaban J connectivity index is 2.39. The van der Waals surface area contributed by atoms with Crippen LogP contribution >= 0.6 is 11.3 Å². The molecule has 0 spiro atoms. The molecule has 1 aromatic heterocycles. The first-order valence-corrected chi connectivity index (χ1v) is 7.36. The molecule has 1 heterocycles. The number of hydrogen-bond acceptors (Lipinski definition) is 4. The van der Waals surface area contributed by atoms with Crippen molar-refractivity contribution in [3.63, 3.8) is 0 Å². The molecule has 0 aliphatic heterocycles. The van der Waals surface area contributed by atoms with Gasteiger partial charge in [-0.3, -0.25) is 4.79 Å². The fourth-order valence-electron chi connectivity index (χ4n) is 2.13. The van der Waals surface area contributed by atoms with Gasteiger partial charge in [0.25, 0.3) is 5.91 Å². The van der Waals surface area contributed by atoms with Crippen LogP contribution in [0.5, 0.6) is 0 Å². The molecule has 0 bridgehead atoms. The number of thiophene rings is 1. The number of nitrogens with zero attached hydrogens (tertiary/aromatic N) is 1. The molecule has 1 amide bonds. The first-order valence-electron chi connectivity index (χ1n) is 6.48. The monoisotopic (exact) mass is 289 g/mol. The highest BCUT2D eigenvalue weighted by Crippen LogP contribution is 2.30. The Kier molecular flexibility index (Phi) is 4.29. The second-order valence-electron chi connectivity index (χ2n) is 4.90. The van der Waals surface area contributed by atoms with Crippen LogP contribution in [0.4, 0.5) is 11.4 Å². The lowest BCUT2D eigenvalue weighted by molar-refractivity contribution is 0.100. The third-order valence-electron chi connectivity index (χ3n) is 3.19. The maximum absolute atomic E-state index is 11.4. The van der Waals surface area contributed by atoms with Gasteiger partial charge in [-0.2, -0.15) is 0 Å². The molecule has 2 rings (SSSR count). The Morgan fingerprint density at radius 1 is 1.30 bits per heavy atom. The number of nitrogen functional groups attached to an aromatic ring is 1. The van der Waals surface area contributed by atoms with Crippen molar-refractivity contribution in [3.05, 3.63) is 46.2 Å². The zero-order valence-corrected chi connectivity index (χ0v) is 12.5. The van der Waals surface area contributed by atoms with Gasteiger partial charge in [-0.1, -0.05) is 12.1 Å². The smallest absolute Gasteiger partial charge is 0.250 e. The van der Waals surface area contributed by atoms with Crippen LogP contribution < -0.4 is 16.4 Å². The molecule has 106 valence electrons. The van der Waals surface area contributed by atoms with E-state index in [0.29, 0.717) is 11.3 Å². The van der Waals surface area contributed by atoms with Gasteiger partial charge in [0.2, 0.25) is 0 Å². The van der Waals surface area contributed by atoms with Gasteiger partial charge in [-0.15, -0.1) is 11.3 Å². The van der Waals surface area contributed by atoms with E-state index in [9.17, 15) is 4.79 Å². The Bertz CT molecular complexity index is 593. The number of nitrogens with two attached hydrogens (primary N) is 2. The summed E-state index contributed by atoms with van der Waals surface area (Å²) in [6.45, 7) is 4.97. The number of hydrogen-bond donors (Lipinski definition) is 2. The van der Waals surface area contributed by atoms with E-state index in [4.69, 9.17) is 11.5 Å². The molecular formula is C15H19N3OS. The lowest BCUT2D eigenvalue weighted by Crippen LogP contribution is -2.31. The number of amides is 1. The van der Waals surface area contributed by atoms with E-state index in [2.05, 4.69) is 30.2 Å². The van der Waals surface area contributed by atoms with Gasteiger partial charge in [-0.05, 0) is 37.4 Å². The second kappa shape index (κ2) is 5.96. The molecule has 0 radical (unpaired) electrons. The maximum atomic E-state index is 11.4. The van der Waals surface area contributed by atoms with Crippen molar-refractivity contribution in [3.8, 4) is 0 Å². The number of carbonyl (C=O) groups is 1. The Morgan fingerprint density at radius 3 is 2.60 bits per heavy atom. The van der Waals surface area contributed by atoms with Gasteiger partial charge < -0.3 is 16.4 Å². The van der Waals surface area contributed by atoms with Crippen LogP contribution in [-0.4, -0.2) is 11.9 Å². The first kappa shape index (κ1) is 14.4. The SMILES string of the molecule is CC(C)N(Cc1cccs1)c1cccc(C(N)=O)c1N. The summed E-state index contributed by atoms with van der Waals surface area (Å²) in [5, 5.41) is 2.05. The van der Waals surface area contributed by atoms with Crippen LogP contribution in [0.1, 0.15) is 29.1 Å². The highest BCUT2D eigenvalue weighted by Gasteiger charge is 2.17. The topological polar surface area (TPSA) is 72.3 Å². The van der Waals surface area contributed by atoms with E-state index in [1.54, 1.807) is 17.4 Å². The number of carbonyl (C=O) groups excluding carboxylic acids is 1. The molecule has 20 heavy (non-hydrogen) atoms. The second-order valence-corrected chi connectivity index (χ2v) is 5.94. The Labute approximate surface area is 123 Å². The summed E-state index contributed by atoms with van der Waals surface area (Å²) in [6, 6.07) is 9.79. The maximum Gasteiger partial charge on any atom is 0.250 e. The van der Waals surface area contributed by atoms with E-state index in [0.717, 1.165) is 12.2 Å². The summed E-state index contributed by atoms with van der Waals surface area (Å²) >= 11 is 1.71. The fraction of sp³-hybridized carbons (Fsp3) is 0.267. The molecule has 0 atom stereocenters. The van der Waals surface area contributed by atoms with Gasteiger partial charge in [0.1, 0.15) is 0 Å². The molecule has 4 N–H and O–H groups in total. The van der Waals surface area contributed by atoms with Crippen LogP contribution in [0.25, 0.3) is 0 Å². The van der Waals surface area contributed by atoms with Gasteiger partial charge in [0.05, 0.1) is 23.5 Å². The lowest BCUT2D eigenvalue weighted by atomic mass is 10.1. The molecule has 5 heteroatoms. The van der Waals surface area contributed by atoms with E-state index in [1.807, 2.05) is 18.2 Å². The quantitative estimate of drug-likeness (QED) is 0.831. The molecule has 0 saturated heterocycles. The summed E-state index contributed by atoms with van der Waals surface area (Å²) < 4.78 is 0. The van der Waals surface area contributed by atoms with Gasteiger partial charge in [-0.25, -0.2) is 0 Å². The van der Waals surface area contributed by atoms with Crippen LogP contribution in [0.15, 0.2) is 35.7 Å². The minimum Gasteiger partial charge on any atom is -0.396 e. The average Bonchev–Trinajstić information content (AvgIpc) is 2.89. The molecule has 0 unspecified atom stereocenters. The molecule has 4 nitrogen and oxygen atoms in total. The Hall–Kier alpha value is -2.01. The largest absolute Gasteiger partial charge is 0.396 e. The zero-order valence-electron chi connectivity index (χ0n) is 11.7. The van der Waals surface area contributed by atoms with Crippen LogP contribution in [0.2, 0.25) is 0 Å².